The van der Waals surface area contributed by atoms with Crippen LogP contribution in [0, 0.1) is 0 Å². The van der Waals surface area contributed by atoms with E-state index in [-0.39, 0.29) is 5.78 Å². The number of carbonyl (C=O) groups excluding carboxylic acids is 1. The van der Waals surface area contributed by atoms with E-state index in [0.29, 0.717) is 11.1 Å². The molecule has 0 saturated carbocycles. The molecule has 0 radical (unpaired) electrons. The number of fused-ring (bicyclic) bond motifs is 7. The van der Waals surface area contributed by atoms with Crippen LogP contribution in [0.5, 0.6) is 46.0 Å². The molecule has 19 heteroatoms. The van der Waals surface area contributed by atoms with Gasteiger partial charge in [0.1, 0.15) is 46.0 Å². The fourth-order valence-corrected chi connectivity index (χ4v) is 21.8. The molecular weight excluding hydrogens is 1710 g/mol. The summed E-state index contributed by atoms with van der Waals surface area (Å²) in [5.41, 5.74) is 25.4. The number of nitrogens with zero attached hydrogens (tertiary/aromatic N) is 6. The highest BCUT2D eigenvalue weighted by Gasteiger charge is 2.34. The minimum absolute atomic E-state index is 0.0269. The van der Waals surface area contributed by atoms with E-state index in [0.717, 1.165) is 221 Å². The van der Waals surface area contributed by atoms with Crippen molar-refractivity contribution in [3.05, 3.63) is 387 Å². The van der Waals surface area contributed by atoms with Gasteiger partial charge < -0.3 is 67.3 Å². The lowest BCUT2D eigenvalue weighted by Crippen LogP contribution is -2.17. The number of methoxy groups -OCH3 is 8. The molecule has 0 fully saturated rings. The van der Waals surface area contributed by atoms with E-state index in [1.54, 1.807) is 103 Å². The Hall–Kier alpha value is -15.5. The third-order valence-electron chi connectivity index (χ3n) is 24.3. The summed E-state index contributed by atoms with van der Waals surface area (Å²) in [5.74, 6) is 6.22. The van der Waals surface area contributed by atoms with Gasteiger partial charge in [0, 0.05) is 130 Å². The van der Waals surface area contributed by atoms with E-state index >= 15 is 0 Å². The lowest BCUT2D eigenvalue weighted by Gasteiger charge is -2.35. The first-order valence-electron chi connectivity index (χ1n) is 43.0. The fraction of sp³-hybridized carbons (Fsp3) is 0.0708. The zero-order chi connectivity index (χ0) is 89.6. The third-order valence-corrected chi connectivity index (χ3v) is 28.8. The van der Waals surface area contributed by atoms with Gasteiger partial charge in [-0.1, -0.05) is 72.1 Å². The quantitative estimate of drug-likeness (QED) is 0.0512. The van der Waals surface area contributed by atoms with Gasteiger partial charge in [-0.15, -0.1) is 22.7 Å². The Kier molecular flexibility index (Phi) is 22.7. The van der Waals surface area contributed by atoms with Gasteiger partial charge in [-0.2, -0.15) is 0 Å². The molecule has 0 bridgehead atoms. The third kappa shape index (κ3) is 15.9. The summed E-state index contributed by atoms with van der Waals surface area (Å²) in [6, 6.07) is 131. The van der Waals surface area contributed by atoms with Gasteiger partial charge in [-0.05, 0) is 361 Å². The molecule has 21 rings (SSSR count). The molecule has 132 heavy (non-hydrogen) atoms. The summed E-state index contributed by atoms with van der Waals surface area (Å²) in [6.07, 6.45) is 0. The van der Waals surface area contributed by atoms with Gasteiger partial charge in [0.2, 0.25) is 0 Å². The second-order valence-electron chi connectivity index (χ2n) is 31.7. The molecular formula is C113H86N6O9S4. The normalized spacial score (nSPS) is 12.0. The molecule has 16 aromatic carbocycles. The van der Waals surface area contributed by atoms with E-state index < -0.39 is 0 Å². The minimum Gasteiger partial charge on any atom is -0.497 e. The SMILES string of the molecule is COc1ccc(N(c2ccc(OC)cc2)c2ccc3c(c2)Sc2cc(N(c4ccc(OC)cc4)c4ccc(OC)cc4)ccc2N3c2ccc(-c3ccc(-c4ccc5c(c4)C(=O)c4cc(-c6ccc(-c7ccc(N8c9ccc(N(c%10ccc(OC)cc%10)c%10ccc(OC)cc%10)cc9Sc9cc(N(c%10ccc(OC)cc%10)c%10ccc(OC)cc%10)ccc98)cc7)s6)ccc4-5)s3)cc2)cc1. The molecule has 0 unspecified atom stereocenters. The lowest BCUT2D eigenvalue weighted by molar-refractivity contribution is 0.104. The van der Waals surface area contributed by atoms with Gasteiger partial charge in [0.05, 0.1) is 79.6 Å². The maximum Gasteiger partial charge on any atom is 0.194 e. The maximum atomic E-state index is 14.9. The van der Waals surface area contributed by atoms with E-state index in [2.05, 4.69) is 308 Å². The van der Waals surface area contributed by atoms with Gasteiger partial charge in [0.25, 0.3) is 0 Å². The van der Waals surface area contributed by atoms with Crippen molar-refractivity contribution in [3.8, 4) is 98.9 Å². The second-order valence-corrected chi connectivity index (χ2v) is 36.0. The second kappa shape index (κ2) is 35.9. The molecule has 15 nitrogen and oxygen atoms in total. The molecule has 0 atom stereocenters. The number of ether oxygens (including phenoxy) is 8. The van der Waals surface area contributed by atoms with Crippen LogP contribution in [0.25, 0.3) is 52.9 Å². The van der Waals surface area contributed by atoms with Gasteiger partial charge in [-0.25, -0.2) is 0 Å². The van der Waals surface area contributed by atoms with Crippen LogP contribution in [0.3, 0.4) is 0 Å². The highest BCUT2D eigenvalue weighted by molar-refractivity contribution is 8.00. The first-order chi connectivity index (χ1) is 64.9. The monoisotopic (exact) mass is 1800 g/mol. The zero-order valence-electron chi connectivity index (χ0n) is 73.3. The van der Waals surface area contributed by atoms with Gasteiger partial charge in [-0.3, -0.25) is 4.79 Å². The first-order valence-corrected chi connectivity index (χ1v) is 46.2. The Balaban J connectivity index is 0.559. The van der Waals surface area contributed by atoms with E-state index in [9.17, 15) is 4.79 Å². The van der Waals surface area contributed by atoms with Crippen LogP contribution in [0.4, 0.5) is 102 Å². The zero-order valence-corrected chi connectivity index (χ0v) is 76.6. The Morgan fingerprint density at radius 2 is 0.394 bits per heavy atom. The Morgan fingerprint density at radius 3 is 0.606 bits per heavy atom. The molecule has 4 heterocycles. The van der Waals surface area contributed by atoms with Crippen molar-refractivity contribution >= 4 is 154 Å². The van der Waals surface area contributed by atoms with E-state index in [4.69, 9.17) is 37.9 Å². The fourth-order valence-electron chi connectivity index (χ4n) is 17.6. The molecule has 0 amide bonds. The number of hydrogen-bond acceptors (Lipinski definition) is 19. The Morgan fingerprint density at radius 1 is 0.197 bits per heavy atom. The molecule has 0 saturated heterocycles. The average Bonchev–Trinajstić information content (AvgIpc) is 0.994. The van der Waals surface area contributed by atoms with Crippen molar-refractivity contribution in [1.29, 1.82) is 0 Å². The van der Waals surface area contributed by atoms with E-state index in [1.807, 2.05) is 97.1 Å². The van der Waals surface area contributed by atoms with Crippen molar-refractivity contribution in [3.63, 3.8) is 0 Å². The molecule has 0 spiro atoms. The summed E-state index contributed by atoms with van der Waals surface area (Å²) in [7, 11) is 13.5. The summed E-state index contributed by atoms with van der Waals surface area (Å²) < 4.78 is 45.1. The minimum atomic E-state index is 0.0269. The Bertz CT molecular complexity index is 6400. The van der Waals surface area contributed by atoms with Gasteiger partial charge in [0.15, 0.2) is 5.78 Å². The van der Waals surface area contributed by atoms with Crippen molar-refractivity contribution in [2.24, 2.45) is 0 Å². The van der Waals surface area contributed by atoms with Crippen LogP contribution in [0.1, 0.15) is 15.9 Å². The molecule has 3 aliphatic rings. The number of ketones is 1. The standard InChI is InChI=1S/C113H86N6O9S4/c1-121-89-39-19-75(20-40-89)114(76-21-41-90(122-2)42-22-76)85-35-57-101-109(67-85)131-110-68-86(115(77-23-43-91(123-3)44-24-77)78-25-45-92(124-4)46-26-78)36-58-102(110)118(101)83-15-9-71(10-16-83)105-61-63-107(129-105)73-13-55-97-98-56-14-74(66-100(98)113(120)99(97)65-73)108-64-62-106(130-108)72-11-17-84(18-12-72)119-103-59-37-87(116(79-27-47-93(125-5)48-28-79)80-29-49-94(126-6)50-30-80)69-111(103)132-112-70-88(38-60-104(112)119)117(81-31-51-95(127-7)52-32-81)82-33-53-96(128-8)54-34-82/h9-70H,1-8H3. The van der Waals surface area contributed by atoms with Crippen molar-refractivity contribution < 1.29 is 42.7 Å². The van der Waals surface area contributed by atoms with Crippen LogP contribution >= 0.6 is 46.2 Å². The highest BCUT2D eigenvalue weighted by atomic mass is 32.2. The molecule has 2 aliphatic heterocycles. The number of hydrogen-bond donors (Lipinski definition) is 0. The van der Waals surface area contributed by atoms with Crippen LogP contribution in [-0.2, 0) is 0 Å². The molecule has 0 N–H and O–H groups in total. The lowest BCUT2D eigenvalue weighted by atomic mass is 10.0. The van der Waals surface area contributed by atoms with Crippen LogP contribution in [0.15, 0.2) is 396 Å². The maximum absolute atomic E-state index is 14.9. The summed E-state index contributed by atoms with van der Waals surface area (Å²) in [5, 5.41) is 0. The number of benzene rings is 16. The molecule has 646 valence electrons. The number of thiophene rings is 2. The van der Waals surface area contributed by atoms with Crippen molar-refractivity contribution in [2.45, 2.75) is 19.6 Å². The number of anilines is 18. The average molecular weight is 1800 g/mol. The van der Waals surface area contributed by atoms with Crippen molar-refractivity contribution in [2.75, 3.05) is 86.3 Å². The summed E-state index contributed by atoms with van der Waals surface area (Å²) in [6.45, 7) is 0. The predicted octanol–water partition coefficient (Wildman–Crippen LogP) is 31.5. The first kappa shape index (κ1) is 83.4. The predicted molar refractivity (Wildman–Crippen MR) is 542 cm³/mol. The molecule has 1 aliphatic carbocycles. The smallest absolute Gasteiger partial charge is 0.194 e. The topological polar surface area (TPSA) is 110 Å². The van der Waals surface area contributed by atoms with Crippen LogP contribution in [-0.4, -0.2) is 62.7 Å². The van der Waals surface area contributed by atoms with Gasteiger partial charge >= 0.3 is 0 Å². The van der Waals surface area contributed by atoms with Crippen molar-refractivity contribution in [1.82, 2.24) is 0 Å². The summed E-state index contributed by atoms with van der Waals surface area (Å²) >= 11 is 6.95. The van der Waals surface area contributed by atoms with E-state index in [1.165, 1.54) is 0 Å². The number of carbonyl (C=O) groups is 1. The largest absolute Gasteiger partial charge is 0.497 e. The Labute approximate surface area is 783 Å². The molecule has 2 aromatic heterocycles. The summed E-state index contributed by atoms with van der Waals surface area (Å²) in [4.78, 5) is 37.4. The number of rotatable bonds is 26. The van der Waals surface area contributed by atoms with Crippen LogP contribution in [0.2, 0.25) is 0 Å². The molecule has 18 aromatic rings. The van der Waals surface area contributed by atoms with Crippen LogP contribution < -0.4 is 67.3 Å². The highest BCUT2D eigenvalue weighted by Crippen LogP contribution is 2.59.